The van der Waals surface area contributed by atoms with Crippen molar-refractivity contribution in [3.63, 3.8) is 0 Å². The molecule has 2 saturated heterocycles. The van der Waals surface area contributed by atoms with E-state index in [0.29, 0.717) is 6.67 Å². The van der Waals surface area contributed by atoms with Crippen LogP contribution >= 0.6 is 0 Å². The van der Waals surface area contributed by atoms with E-state index in [9.17, 15) is 0 Å². The van der Waals surface area contributed by atoms with Crippen molar-refractivity contribution in [1.82, 2.24) is 16.1 Å². The number of ether oxygens (including phenoxy) is 1. The SMILES string of the molecule is C=C/C(OC)=C(\C=C1/CC2=C(c3cccc(CCC)c3N=C)NCN=C2N1)[C@@H]1C(C)ON[C@@H]1C. The molecular weight excluding hydrogens is 426 g/mol. The number of hydrogen-bond acceptors (Lipinski definition) is 7. The van der Waals surface area contributed by atoms with Gasteiger partial charge in [-0.2, -0.15) is 5.48 Å². The number of aliphatic imine (C=N–C) groups is 2. The number of nitrogens with zero attached hydrogens (tertiary/aromatic N) is 2. The Morgan fingerprint density at radius 2 is 2.18 bits per heavy atom. The number of para-hydroxylation sites is 1. The summed E-state index contributed by atoms with van der Waals surface area (Å²) in [7, 11) is 1.68. The van der Waals surface area contributed by atoms with Crippen LogP contribution in [-0.2, 0) is 16.0 Å². The fourth-order valence-corrected chi connectivity index (χ4v) is 5.12. The Bertz CT molecular complexity index is 1090. The molecule has 0 saturated carbocycles. The van der Waals surface area contributed by atoms with Gasteiger partial charge in [0, 0.05) is 40.8 Å². The van der Waals surface area contributed by atoms with Gasteiger partial charge in [0.05, 0.1) is 24.6 Å². The van der Waals surface area contributed by atoms with Gasteiger partial charge in [-0.3, -0.25) is 9.83 Å². The molecule has 4 rings (SSSR count). The summed E-state index contributed by atoms with van der Waals surface area (Å²) in [5, 5.41) is 7.03. The minimum atomic E-state index is 0.00643. The van der Waals surface area contributed by atoms with Gasteiger partial charge in [-0.1, -0.05) is 38.1 Å². The Morgan fingerprint density at radius 3 is 2.82 bits per heavy atom. The molecule has 7 heteroatoms. The van der Waals surface area contributed by atoms with Gasteiger partial charge in [0.2, 0.25) is 0 Å². The third kappa shape index (κ3) is 4.45. The summed E-state index contributed by atoms with van der Waals surface area (Å²) >= 11 is 0. The molecular formula is C27H35N5O2. The van der Waals surface area contributed by atoms with E-state index in [2.05, 4.69) is 79.4 Å². The normalized spacial score (nSPS) is 25.8. The van der Waals surface area contributed by atoms with E-state index in [1.807, 2.05) is 0 Å². The lowest BCUT2D eigenvalue weighted by Gasteiger charge is -2.21. The summed E-state index contributed by atoms with van der Waals surface area (Å²) in [6.07, 6.45) is 6.68. The van der Waals surface area contributed by atoms with E-state index in [1.54, 1.807) is 13.2 Å². The van der Waals surface area contributed by atoms with Crippen molar-refractivity contribution in [2.75, 3.05) is 13.8 Å². The van der Waals surface area contributed by atoms with Crippen LogP contribution in [0.1, 0.15) is 44.7 Å². The minimum Gasteiger partial charge on any atom is -0.496 e. The molecule has 1 aromatic rings. The lowest BCUT2D eigenvalue weighted by atomic mass is 9.87. The van der Waals surface area contributed by atoms with E-state index in [1.165, 1.54) is 5.56 Å². The third-order valence-electron chi connectivity index (χ3n) is 6.66. The van der Waals surface area contributed by atoms with Gasteiger partial charge in [-0.15, -0.1) is 0 Å². The predicted molar refractivity (Wildman–Crippen MR) is 139 cm³/mol. The zero-order valence-electron chi connectivity index (χ0n) is 20.6. The maximum absolute atomic E-state index is 5.71. The molecule has 0 aromatic heterocycles. The molecule has 3 aliphatic heterocycles. The van der Waals surface area contributed by atoms with Crippen molar-refractivity contribution in [2.24, 2.45) is 15.9 Å². The topological polar surface area (TPSA) is 79.3 Å². The number of benzene rings is 1. The van der Waals surface area contributed by atoms with Crippen molar-refractivity contribution in [1.29, 1.82) is 0 Å². The molecule has 3 atom stereocenters. The van der Waals surface area contributed by atoms with Crippen molar-refractivity contribution in [3.05, 3.63) is 70.7 Å². The lowest BCUT2D eigenvalue weighted by Crippen LogP contribution is -2.27. The number of nitrogens with one attached hydrogen (secondary N) is 3. The molecule has 180 valence electrons. The number of rotatable bonds is 8. The Morgan fingerprint density at radius 1 is 1.35 bits per heavy atom. The smallest absolute Gasteiger partial charge is 0.132 e. The van der Waals surface area contributed by atoms with Crippen LogP contribution in [0.2, 0.25) is 0 Å². The number of hydrogen-bond donors (Lipinski definition) is 3. The average molecular weight is 462 g/mol. The van der Waals surface area contributed by atoms with Crippen molar-refractivity contribution in [2.45, 2.75) is 52.2 Å². The quantitative estimate of drug-likeness (QED) is 0.301. The van der Waals surface area contributed by atoms with Gasteiger partial charge in [-0.05, 0) is 44.7 Å². The van der Waals surface area contributed by atoms with Crippen molar-refractivity contribution >= 4 is 23.9 Å². The molecule has 7 nitrogen and oxygen atoms in total. The lowest BCUT2D eigenvalue weighted by molar-refractivity contribution is 0.0329. The first-order valence-corrected chi connectivity index (χ1v) is 11.9. The van der Waals surface area contributed by atoms with Crippen LogP contribution in [0.25, 0.3) is 5.70 Å². The number of allylic oxidation sites excluding steroid dienone is 3. The van der Waals surface area contributed by atoms with Gasteiger partial charge in [-0.25, -0.2) is 4.99 Å². The summed E-state index contributed by atoms with van der Waals surface area (Å²) in [4.78, 5) is 14.8. The zero-order chi connectivity index (χ0) is 24.2. The van der Waals surface area contributed by atoms with E-state index in [-0.39, 0.29) is 18.1 Å². The summed E-state index contributed by atoms with van der Waals surface area (Å²) < 4.78 is 5.69. The zero-order valence-corrected chi connectivity index (χ0v) is 20.6. The number of fused-ring (bicyclic) bond motifs is 1. The predicted octanol–water partition coefficient (Wildman–Crippen LogP) is 4.53. The molecule has 0 bridgehead atoms. The number of methoxy groups -OCH3 is 1. The van der Waals surface area contributed by atoms with E-state index < -0.39 is 0 Å². The molecule has 0 amide bonds. The highest BCUT2D eigenvalue weighted by atomic mass is 16.7. The fourth-order valence-electron chi connectivity index (χ4n) is 5.12. The Hall–Kier alpha value is -3.16. The van der Waals surface area contributed by atoms with Crippen LogP contribution in [0.5, 0.6) is 0 Å². The highest BCUT2D eigenvalue weighted by Crippen LogP contribution is 2.37. The van der Waals surface area contributed by atoms with Crippen LogP contribution in [0.3, 0.4) is 0 Å². The second-order valence-corrected chi connectivity index (χ2v) is 8.87. The number of amidine groups is 1. The van der Waals surface area contributed by atoms with Crippen LogP contribution in [0.15, 0.2) is 69.5 Å². The van der Waals surface area contributed by atoms with Crippen molar-refractivity contribution < 1.29 is 9.57 Å². The fraction of sp³-hybridized carbons (Fsp3) is 0.407. The first kappa shape index (κ1) is 24.0. The standard InChI is InChI=1S/C27H35N5O2/c1-7-10-18-11-9-12-20(25(18)28-5)26-22-14-19(31-27(22)30-15-29-26)13-21(23(8-2)33-6)24-16(3)32-34-17(24)4/h8-9,11-13,16-17,24,29,32H,2,5,7,10,14-15H2,1,3-4,6H3,(H,30,31)/b19-13+,23-21-/t16-,17?,24+/m1/s1. The van der Waals surface area contributed by atoms with Gasteiger partial charge in [0.25, 0.3) is 0 Å². The summed E-state index contributed by atoms with van der Waals surface area (Å²) in [5.74, 6) is 1.77. The molecule has 0 radical (unpaired) electrons. The van der Waals surface area contributed by atoms with E-state index in [0.717, 1.165) is 64.6 Å². The largest absolute Gasteiger partial charge is 0.496 e. The van der Waals surface area contributed by atoms with Gasteiger partial charge in [0.15, 0.2) is 0 Å². The second kappa shape index (κ2) is 10.4. The maximum Gasteiger partial charge on any atom is 0.132 e. The van der Waals surface area contributed by atoms with E-state index >= 15 is 0 Å². The Labute approximate surface area is 202 Å². The molecule has 1 aromatic carbocycles. The summed E-state index contributed by atoms with van der Waals surface area (Å²) in [5.41, 5.74) is 10.6. The molecule has 3 N–H and O–H groups in total. The highest BCUT2D eigenvalue weighted by molar-refractivity contribution is 6.10. The monoisotopic (exact) mass is 461 g/mol. The maximum atomic E-state index is 5.71. The van der Waals surface area contributed by atoms with Crippen LogP contribution < -0.4 is 16.1 Å². The number of hydroxylamine groups is 1. The highest BCUT2D eigenvalue weighted by Gasteiger charge is 2.36. The summed E-state index contributed by atoms with van der Waals surface area (Å²) in [6, 6.07) is 6.49. The molecule has 0 spiro atoms. The third-order valence-corrected chi connectivity index (χ3v) is 6.66. The Kier molecular flexibility index (Phi) is 7.34. The molecule has 0 aliphatic carbocycles. The molecule has 2 fully saturated rings. The van der Waals surface area contributed by atoms with Crippen LogP contribution in [0, 0.1) is 5.92 Å². The first-order chi connectivity index (χ1) is 16.5. The Balaban J connectivity index is 1.76. The van der Waals surface area contributed by atoms with Crippen LogP contribution in [0.4, 0.5) is 5.69 Å². The second-order valence-electron chi connectivity index (χ2n) is 8.87. The van der Waals surface area contributed by atoms with Gasteiger partial charge in [0.1, 0.15) is 18.3 Å². The molecule has 34 heavy (non-hydrogen) atoms. The molecule has 3 aliphatic rings. The molecule has 1 unspecified atom stereocenters. The first-order valence-electron chi connectivity index (χ1n) is 11.9. The summed E-state index contributed by atoms with van der Waals surface area (Å²) in [6.45, 7) is 14.7. The van der Waals surface area contributed by atoms with Crippen molar-refractivity contribution in [3.8, 4) is 0 Å². The molecule has 3 heterocycles. The van der Waals surface area contributed by atoms with Gasteiger partial charge < -0.3 is 15.4 Å². The number of aryl methyl sites for hydroxylation is 1. The van der Waals surface area contributed by atoms with Crippen LogP contribution in [-0.4, -0.2) is 38.5 Å². The minimum absolute atomic E-state index is 0.00643. The van der Waals surface area contributed by atoms with E-state index in [4.69, 9.17) is 14.6 Å². The van der Waals surface area contributed by atoms with Gasteiger partial charge >= 0.3 is 0 Å². The average Bonchev–Trinajstić information content (AvgIpc) is 3.41.